The molecule has 0 saturated heterocycles. The standard InChI is InChI=1S/C13H27NO3S/c1-4-12(2,3)17-10-13(11-18(14,15)16)8-6-5-7-9-13/h4-11H2,1-3H3,(H2,14,15,16). The number of ether oxygens (including phenoxy) is 1. The van der Waals surface area contributed by atoms with Gasteiger partial charge in [-0.25, -0.2) is 13.6 Å². The van der Waals surface area contributed by atoms with Gasteiger partial charge in [-0.05, 0) is 33.1 Å². The van der Waals surface area contributed by atoms with Crippen LogP contribution in [0, 0.1) is 5.41 Å². The van der Waals surface area contributed by atoms with Crippen molar-refractivity contribution >= 4 is 10.0 Å². The van der Waals surface area contributed by atoms with Gasteiger partial charge in [0.1, 0.15) is 0 Å². The van der Waals surface area contributed by atoms with E-state index in [4.69, 9.17) is 9.88 Å². The van der Waals surface area contributed by atoms with Gasteiger partial charge in [0.25, 0.3) is 0 Å². The average molecular weight is 277 g/mol. The Bertz CT molecular complexity index is 356. The monoisotopic (exact) mass is 277 g/mol. The Morgan fingerprint density at radius 3 is 2.22 bits per heavy atom. The smallest absolute Gasteiger partial charge is 0.209 e. The molecule has 1 aliphatic rings. The Labute approximate surface area is 111 Å². The zero-order valence-electron chi connectivity index (χ0n) is 11.9. The molecule has 18 heavy (non-hydrogen) atoms. The Morgan fingerprint density at radius 2 is 1.78 bits per heavy atom. The van der Waals surface area contributed by atoms with Gasteiger partial charge in [-0.2, -0.15) is 0 Å². The van der Waals surface area contributed by atoms with Crippen molar-refractivity contribution in [2.75, 3.05) is 12.4 Å². The van der Waals surface area contributed by atoms with Crippen LogP contribution in [0.25, 0.3) is 0 Å². The van der Waals surface area contributed by atoms with Crippen LogP contribution in [0.4, 0.5) is 0 Å². The van der Waals surface area contributed by atoms with Gasteiger partial charge in [-0.1, -0.05) is 26.2 Å². The van der Waals surface area contributed by atoms with Crippen molar-refractivity contribution in [2.45, 2.75) is 64.9 Å². The molecule has 0 aliphatic heterocycles. The first-order valence-electron chi connectivity index (χ1n) is 6.83. The fraction of sp³-hybridized carbons (Fsp3) is 1.00. The highest BCUT2D eigenvalue weighted by Crippen LogP contribution is 2.38. The number of nitrogens with two attached hydrogens (primary N) is 1. The summed E-state index contributed by atoms with van der Waals surface area (Å²) in [7, 11) is -3.44. The maximum Gasteiger partial charge on any atom is 0.209 e. The minimum Gasteiger partial charge on any atom is -0.375 e. The van der Waals surface area contributed by atoms with Gasteiger partial charge >= 0.3 is 0 Å². The SMILES string of the molecule is CCC(C)(C)OCC1(CS(N)(=O)=O)CCCCC1. The van der Waals surface area contributed by atoms with Crippen LogP contribution in [-0.2, 0) is 14.8 Å². The van der Waals surface area contributed by atoms with E-state index in [0.717, 1.165) is 32.1 Å². The van der Waals surface area contributed by atoms with Crippen LogP contribution in [0.2, 0.25) is 0 Å². The third-order valence-corrected chi connectivity index (χ3v) is 5.06. The summed E-state index contributed by atoms with van der Waals surface area (Å²) in [5.74, 6) is 0.0554. The van der Waals surface area contributed by atoms with Crippen LogP contribution < -0.4 is 5.14 Å². The van der Waals surface area contributed by atoms with Crippen molar-refractivity contribution in [1.29, 1.82) is 0 Å². The Kier molecular flexibility index (Phi) is 5.21. The molecular weight excluding hydrogens is 250 g/mol. The summed E-state index contributed by atoms with van der Waals surface area (Å²) < 4.78 is 28.8. The molecule has 108 valence electrons. The van der Waals surface area contributed by atoms with E-state index >= 15 is 0 Å². The highest BCUT2D eigenvalue weighted by molar-refractivity contribution is 7.89. The number of hydrogen-bond donors (Lipinski definition) is 1. The second-order valence-electron chi connectivity index (χ2n) is 6.27. The van der Waals surface area contributed by atoms with E-state index in [2.05, 4.69) is 6.92 Å². The van der Waals surface area contributed by atoms with Crippen molar-refractivity contribution in [2.24, 2.45) is 10.6 Å². The molecule has 0 aromatic carbocycles. The largest absolute Gasteiger partial charge is 0.375 e. The van der Waals surface area contributed by atoms with Crippen molar-refractivity contribution < 1.29 is 13.2 Å². The van der Waals surface area contributed by atoms with Crippen molar-refractivity contribution in [3.63, 3.8) is 0 Å². The molecule has 0 atom stereocenters. The second kappa shape index (κ2) is 5.88. The molecule has 0 aromatic rings. The molecule has 0 aromatic heterocycles. The summed E-state index contributed by atoms with van der Waals surface area (Å²) in [6.07, 6.45) is 6.06. The quantitative estimate of drug-likeness (QED) is 0.810. The fourth-order valence-corrected chi connectivity index (χ4v) is 3.73. The lowest BCUT2D eigenvalue weighted by atomic mass is 9.76. The topological polar surface area (TPSA) is 69.4 Å². The number of rotatable bonds is 6. The van der Waals surface area contributed by atoms with Crippen molar-refractivity contribution in [3.8, 4) is 0 Å². The predicted octanol–water partition coefficient (Wildman–Crippen LogP) is 2.43. The predicted molar refractivity (Wildman–Crippen MR) is 73.8 cm³/mol. The van der Waals surface area contributed by atoms with Gasteiger partial charge in [-0.3, -0.25) is 0 Å². The molecule has 0 spiro atoms. The third kappa shape index (κ3) is 5.24. The summed E-state index contributed by atoms with van der Waals surface area (Å²) in [5.41, 5.74) is -0.457. The summed E-state index contributed by atoms with van der Waals surface area (Å²) in [5, 5.41) is 5.24. The first kappa shape index (κ1) is 15.9. The van der Waals surface area contributed by atoms with Gasteiger partial charge in [0.15, 0.2) is 0 Å². The highest BCUT2D eigenvalue weighted by Gasteiger charge is 2.37. The first-order valence-corrected chi connectivity index (χ1v) is 8.54. The molecule has 0 bridgehead atoms. The molecule has 0 amide bonds. The Balaban J connectivity index is 2.72. The molecule has 1 aliphatic carbocycles. The molecule has 2 N–H and O–H groups in total. The van der Waals surface area contributed by atoms with Gasteiger partial charge in [-0.15, -0.1) is 0 Å². The van der Waals surface area contributed by atoms with E-state index < -0.39 is 10.0 Å². The number of sulfonamides is 1. The zero-order chi connectivity index (χ0) is 13.9. The van der Waals surface area contributed by atoms with E-state index in [1.165, 1.54) is 6.42 Å². The first-order chi connectivity index (χ1) is 8.18. The maximum atomic E-state index is 11.4. The molecule has 1 saturated carbocycles. The number of primary sulfonamides is 1. The van der Waals surface area contributed by atoms with Gasteiger partial charge in [0.05, 0.1) is 18.0 Å². The highest BCUT2D eigenvalue weighted by atomic mass is 32.2. The minimum atomic E-state index is -3.44. The molecular formula is C13H27NO3S. The summed E-state index contributed by atoms with van der Waals surface area (Å²) in [6.45, 7) is 6.67. The summed E-state index contributed by atoms with van der Waals surface area (Å²) in [6, 6.07) is 0. The van der Waals surface area contributed by atoms with E-state index in [1.807, 2.05) is 13.8 Å². The molecule has 4 nitrogen and oxygen atoms in total. The third-order valence-electron chi connectivity index (χ3n) is 4.04. The molecule has 0 heterocycles. The lowest BCUT2D eigenvalue weighted by Gasteiger charge is -2.39. The van der Waals surface area contributed by atoms with E-state index in [0.29, 0.717) is 6.61 Å². The number of hydrogen-bond acceptors (Lipinski definition) is 3. The fourth-order valence-electron chi connectivity index (χ4n) is 2.51. The maximum absolute atomic E-state index is 11.4. The lowest BCUT2D eigenvalue weighted by molar-refractivity contribution is -0.0684. The van der Waals surface area contributed by atoms with Gasteiger partial charge in [0.2, 0.25) is 10.0 Å². The van der Waals surface area contributed by atoms with Crippen LogP contribution in [0.15, 0.2) is 0 Å². The lowest BCUT2D eigenvalue weighted by Crippen LogP contribution is -2.41. The van der Waals surface area contributed by atoms with Crippen LogP contribution in [-0.4, -0.2) is 26.4 Å². The second-order valence-corrected chi connectivity index (χ2v) is 7.88. The Morgan fingerprint density at radius 1 is 1.22 bits per heavy atom. The van der Waals surface area contributed by atoms with Crippen LogP contribution in [0.3, 0.4) is 0 Å². The van der Waals surface area contributed by atoms with Crippen molar-refractivity contribution in [3.05, 3.63) is 0 Å². The molecule has 0 unspecified atom stereocenters. The zero-order valence-corrected chi connectivity index (χ0v) is 12.7. The van der Waals surface area contributed by atoms with Crippen LogP contribution >= 0.6 is 0 Å². The van der Waals surface area contributed by atoms with Gasteiger partial charge in [0, 0.05) is 5.41 Å². The van der Waals surface area contributed by atoms with E-state index in [9.17, 15) is 8.42 Å². The molecule has 0 radical (unpaired) electrons. The van der Waals surface area contributed by atoms with Crippen LogP contribution in [0.1, 0.15) is 59.3 Å². The van der Waals surface area contributed by atoms with Crippen molar-refractivity contribution in [1.82, 2.24) is 0 Å². The Hall–Kier alpha value is -0.130. The normalized spacial score (nSPS) is 20.9. The molecule has 1 fully saturated rings. The van der Waals surface area contributed by atoms with E-state index in [1.54, 1.807) is 0 Å². The minimum absolute atomic E-state index is 0.0554. The summed E-state index contributed by atoms with van der Waals surface area (Å²) in [4.78, 5) is 0. The molecule has 1 rings (SSSR count). The van der Waals surface area contributed by atoms with E-state index in [-0.39, 0.29) is 16.8 Å². The van der Waals surface area contributed by atoms with Crippen LogP contribution in [0.5, 0.6) is 0 Å². The summed E-state index contributed by atoms with van der Waals surface area (Å²) >= 11 is 0. The molecule has 5 heteroatoms. The average Bonchev–Trinajstić information content (AvgIpc) is 2.26. The van der Waals surface area contributed by atoms with Gasteiger partial charge < -0.3 is 4.74 Å².